The van der Waals surface area contributed by atoms with Crippen molar-refractivity contribution in [3.63, 3.8) is 0 Å². The molecule has 3 nitrogen and oxygen atoms in total. The van der Waals surface area contributed by atoms with E-state index in [0.29, 0.717) is 5.92 Å². The third kappa shape index (κ3) is 23.4. The molecule has 0 aromatic heterocycles. The van der Waals surface area contributed by atoms with Gasteiger partial charge >= 0.3 is 0 Å². The van der Waals surface area contributed by atoms with Gasteiger partial charge in [0, 0.05) is 25.3 Å². The lowest BCUT2D eigenvalue weighted by Crippen LogP contribution is -2.46. The zero-order valence-electron chi connectivity index (χ0n) is 32.1. The Balaban J connectivity index is 2.25. The Morgan fingerprint density at radius 3 is 1.70 bits per heavy atom. The Hall–Kier alpha value is -0.900. The molecule has 0 aliphatic carbocycles. The smallest absolute Gasteiger partial charge is 0.168 e. The van der Waals surface area contributed by atoms with Gasteiger partial charge in [-0.3, -0.25) is 0 Å². The second kappa shape index (κ2) is 30.2. The standard InChI is InChI=1S/C43H81NO2/c1-7-10-13-14-15-16-21-24-27-30-35-43(45-38-41(39-46-43)37-44(5)6)36-31-28-25-22-19-17-18-20-23-26-29-34-42(33-12-9-3)40(4)32-11-8-2/h10,13,20,23,29,34,40-42H,7-9,11-12,14-19,21-22,24-28,30-33,35-39H2,1-6H3/b13-10-,23-20-,34-29-. The number of hydrogen-bond acceptors (Lipinski definition) is 3. The molecule has 1 aliphatic rings. The molecule has 1 aliphatic heterocycles. The van der Waals surface area contributed by atoms with Crippen LogP contribution in [0.4, 0.5) is 0 Å². The quantitative estimate of drug-likeness (QED) is 0.0554. The van der Waals surface area contributed by atoms with Gasteiger partial charge in [0.05, 0.1) is 13.2 Å². The monoisotopic (exact) mass is 644 g/mol. The topological polar surface area (TPSA) is 21.7 Å². The van der Waals surface area contributed by atoms with E-state index in [9.17, 15) is 0 Å². The van der Waals surface area contributed by atoms with Crippen molar-refractivity contribution >= 4 is 0 Å². The van der Waals surface area contributed by atoms with E-state index in [0.717, 1.165) is 57.3 Å². The van der Waals surface area contributed by atoms with Crippen LogP contribution >= 0.6 is 0 Å². The molecule has 46 heavy (non-hydrogen) atoms. The van der Waals surface area contributed by atoms with Crippen molar-refractivity contribution in [1.29, 1.82) is 0 Å². The molecule has 1 heterocycles. The zero-order chi connectivity index (χ0) is 33.6. The predicted octanol–water partition coefficient (Wildman–Crippen LogP) is 13.3. The summed E-state index contributed by atoms with van der Waals surface area (Å²) < 4.78 is 13.1. The minimum absolute atomic E-state index is 0.323. The number of nitrogens with zero attached hydrogens (tertiary/aromatic N) is 1. The van der Waals surface area contributed by atoms with E-state index in [1.54, 1.807) is 0 Å². The second-order valence-corrected chi connectivity index (χ2v) is 14.9. The predicted molar refractivity (Wildman–Crippen MR) is 205 cm³/mol. The fourth-order valence-corrected chi connectivity index (χ4v) is 6.97. The highest BCUT2D eigenvalue weighted by atomic mass is 16.7. The van der Waals surface area contributed by atoms with Crippen LogP contribution in [0.2, 0.25) is 0 Å². The van der Waals surface area contributed by atoms with Gasteiger partial charge in [-0.2, -0.15) is 0 Å². The van der Waals surface area contributed by atoms with Gasteiger partial charge in [-0.05, 0) is 83.7 Å². The number of hydrogen-bond donors (Lipinski definition) is 0. The molecule has 2 unspecified atom stereocenters. The van der Waals surface area contributed by atoms with Crippen LogP contribution in [-0.4, -0.2) is 44.5 Å². The Labute approximate surface area is 289 Å². The summed E-state index contributed by atoms with van der Waals surface area (Å²) in [5, 5.41) is 0. The highest BCUT2D eigenvalue weighted by Crippen LogP contribution is 2.33. The number of allylic oxidation sites excluding steroid dienone is 6. The molecule has 1 rings (SSSR count). The minimum Gasteiger partial charge on any atom is -0.350 e. The molecule has 0 aromatic carbocycles. The molecular formula is C43H81NO2. The van der Waals surface area contributed by atoms with Crippen LogP contribution in [0, 0.1) is 17.8 Å². The molecule has 0 N–H and O–H groups in total. The largest absolute Gasteiger partial charge is 0.350 e. The first kappa shape index (κ1) is 43.1. The van der Waals surface area contributed by atoms with Crippen LogP contribution in [0.15, 0.2) is 36.5 Å². The average Bonchev–Trinajstić information content (AvgIpc) is 3.05. The summed E-state index contributed by atoms with van der Waals surface area (Å²) >= 11 is 0. The fraction of sp³-hybridized carbons (Fsp3) is 0.860. The fourth-order valence-electron chi connectivity index (χ4n) is 6.97. The highest BCUT2D eigenvalue weighted by molar-refractivity contribution is 4.96. The van der Waals surface area contributed by atoms with Crippen molar-refractivity contribution in [2.24, 2.45) is 17.8 Å². The van der Waals surface area contributed by atoms with Gasteiger partial charge < -0.3 is 14.4 Å². The summed E-state index contributed by atoms with van der Waals surface area (Å²) in [6, 6.07) is 0. The van der Waals surface area contributed by atoms with Crippen LogP contribution in [-0.2, 0) is 9.47 Å². The van der Waals surface area contributed by atoms with E-state index < -0.39 is 0 Å². The summed E-state index contributed by atoms with van der Waals surface area (Å²) in [6.07, 6.45) is 45.3. The van der Waals surface area contributed by atoms with Gasteiger partial charge in [0.1, 0.15) is 0 Å². The van der Waals surface area contributed by atoms with Crippen molar-refractivity contribution < 1.29 is 9.47 Å². The molecule has 0 spiro atoms. The maximum atomic E-state index is 6.55. The molecular weight excluding hydrogens is 562 g/mol. The lowest BCUT2D eigenvalue weighted by molar-refractivity contribution is -0.290. The third-order valence-corrected chi connectivity index (χ3v) is 10.0. The number of unbranched alkanes of at least 4 members (excludes halogenated alkanes) is 14. The maximum absolute atomic E-state index is 6.55. The van der Waals surface area contributed by atoms with Crippen molar-refractivity contribution in [1.82, 2.24) is 4.90 Å². The molecule has 1 fully saturated rings. The lowest BCUT2D eigenvalue weighted by atomic mass is 9.85. The van der Waals surface area contributed by atoms with Crippen LogP contribution < -0.4 is 0 Å². The maximum Gasteiger partial charge on any atom is 0.168 e. The van der Waals surface area contributed by atoms with Crippen LogP contribution in [0.25, 0.3) is 0 Å². The number of rotatable bonds is 31. The summed E-state index contributed by atoms with van der Waals surface area (Å²) in [5.41, 5.74) is 0. The van der Waals surface area contributed by atoms with Crippen LogP contribution in [0.3, 0.4) is 0 Å². The highest BCUT2D eigenvalue weighted by Gasteiger charge is 2.36. The third-order valence-electron chi connectivity index (χ3n) is 10.0. The van der Waals surface area contributed by atoms with E-state index in [1.165, 1.54) is 128 Å². The Morgan fingerprint density at radius 2 is 1.15 bits per heavy atom. The van der Waals surface area contributed by atoms with Crippen molar-refractivity contribution in [3.8, 4) is 0 Å². The first-order valence-electron chi connectivity index (χ1n) is 20.4. The van der Waals surface area contributed by atoms with E-state index in [4.69, 9.17) is 9.47 Å². The molecule has 0 amide bonds. The van der Waals surface area contributed by atoms with Crippen LogP contribution in [0.5, 0.6) is 0 Å². The first-order chi connectivity index (χ1) is 22.5. The van der Waals surface area contributed by atoms with Crippen molar-refractivity contribution in [3.05, 3.63) is 36.5 Å². The van der Waals surface area contributed by atoms with Crippen LogP contribution in [0.1, 0.15) is 182 Å². The summed E-state index contributed by atoms with van der Waals surface area (Å²) in [7, 11) is 4.30. The number of ether oxygens (including phenoxy) is 2. The Kier molecular flexibility index (Phi) is 28.3. The van der Waals surface area contributed by atoms with Gasteiger partial charge in [-0.15, -0.1) is 0 Å². The lowest BCUT2D eigenvalue weighted by Gasteiger charge is -2.41. The van der Waals surface area contributed by atoms with E-state index >= 15 is 0 Å². The van der Waals surface area contributed by atoms with Crippen molar-refractivity contribution in [2.75, 3.05) is 33.9 Å². The Morgan fingerprint density at radius 1 is 0.630 bits per heavy atom. The second-order valence-electron chi connectivity index (χ2n) is 14.9. The molecule has 0 radical (unpaired) electrons. The van der Waals surface area contributed by atoms with Gasteiger partial charge in [-0.25, -0.2) is 0 Å². The molecule has 1 saturated heterocycles. The van der Waals surface area contributed by atoms with Gasteiger partial charge in [0.2, 0.25) is 0 Å². The molecule has 2 atom stereocenters. The van der Waals surface area contributed by atoms with E-state index in [-0.39, 0.29) is 5.79 Å². The molecule has 0 bridgehead atoms. The minimum atomic E-state index is -0.323. The molecule has 0 aromatic rings. The normalized spacial score (nSPS) is 20.5. The van der Waals surface area contributed by atoms with E-state index in [1.807, 2.05) is 0 Å². The van der Waals surface area contributed by atoms with E-state index in [2.05, 4.69) is 83.1 Å². The summed E-state index contributed by atoms with van der Waals surface area (Å²) in [5.74, 6) is 1.76. The van der Waals surface area contributed by atoms with Gasteiger partial charge in [-0.1, -0.05) is 148 Å². The zero-order valence-corrected chi connectivity index (χ0v) is 32.1. The van der Waals surface area contributed by atoms with Gasteiger partial charge in [0.25, 0.3) is 0 Å². The first-order valence-corrected chi connectivity index (χ1v) is 20.4. The SMILES string of the molecule is CC/C=C\CCCCCCCCC1(CCCCCCCC/C=C\C/C=C\C(CCCC)C(C)CCCC)OCC(CN(C)C)CO1. The van der Waals surface area contributed by atoms with Gasteiger partial charge in [0.15, 0.2) is 5.79 Å². The average molecular weight is 644 g/mol. The summed E-state index contributed by atoms with van der Waals surface area (Å²) in [4.78, 5) is 2.26. The Bertz CT molecular complexity index is 733. The molecule has 3 heteroatoms. The summed E-state index contributed by atoms with van der Waals surface area (Å²) in [6.45, 7) is 12.1. The molecule has 270 valence electrons. The molecule has 0 saturated carbocycles. The van der Waals surface area contributed by atoms with Crippen molar-refractivity contribution in [2.45, 2.75) is 188 Å².